The fourth-order valence-corrected chi connectivity index (χ4v) is 4.38. The van der Waals surface area contributed by atoms with E-state index < -0.39 is 17.8 Å². The predicted molar refractivity (Wildman–Crippen MR) is 144 cm³/mol. The Balaban J connectivity index is 1.46. The number of morpholine rings is 2. The number of amides is 2. The summed E-state index contributed by atoms with van der Waals surface area (Å²) in [5.41, 5.74) is -0.185. The lowest BCUT2D eigenvalue weighted by Gasteiger charge is -2.31. The van der Waals surface area contributed by atoms with Crippen LogP contribution in [0.3, 0.4) is 0 Å². The van der Waals surface area contributed by atoms with Crippen molar-refractivity contribution in [2.24, 2.45) is 0 Å². The molecule has 0 saturated carbocycles. The Labute approximate surface area is 228 Å². The molecule has 10 nitrogen and oxygen atoms in total. The maximum Gasteiger partial charge on any atom is 0.417 e. The average molecular weight is 556 g/mol. The molecular formula is C27H28F3N7O3. The van der Waals surface area contributed by atoms with Gasteiger partial charge in [-0.25, -0.2) is 14.8 Å². The molecule has 2 amide bonds. The van der Waals surface area contributed by atoms with E-state index in [0.717, 1.165) is 12.3 Å². The van der Waals surface area contributed by atoms with Gasteiger partial charge in [0.25, 0.3) is 0 Å². The second-order valence-electron chi connectivity index (χ2n) is 9.15. The molecule has 0 atom stereocenters. The van der Waals surface area contributed by atoms with Crippen molar-refractivity contribution in [3.8, 4) is 11.3 Å². The summed E-state index contributed by atoms with van der Waals surface area (Å²) in [6.07, 6.45) is -3.68. The maximum absolute atomic E-state index is 14.3. The monoisotopic (exact) mass is 555 g/mol. The molecule has 2 aliphatic rings. The highest BCUT2D eigenvalue weighted by molar-refractivity contribution is 5.94. The number of benzene rings is 1. The molecule has 2 aromatic heterocycles. The number of pyridine rings is 1. The standard InChI is InChI=1S/C27H28F3N7O3/c1-18(19-5-3-2-4-6-19)32-26(38)34-23-15-21(27(28,29)30)20(17-31-23)22-16-24(36-7-11-39-12-8-36)35-25(33-22)37-9-13-40-14-10-37/h2-6,15-17H,1,7-14H2,(H2,31,32,34,38). The fourth-order valence-electron chi connectivity index (χ4n) is 4.38. The van der Waals surface area contributed by atoms with Crippen LogP contribution in [0.5, 0.6) is 0 Å². The van der Waals surface area contributed by atoms with Gasteiger partial charge in [0, 0.05) is 49.7 Å². The molecule has 5 rings (SSSR count). The van der Waals surface area contributed by atoms with Gasteiger partial charge < -0.3 is 24.6 Å². The molecule has 0 spiro atoms. The third-order valence-electron chi connectivity index (χ3n) is 6.44. The van der Waals surface area contributed by atoms with Gasteiger partial charge in [0.2, 0.25) is 5.95 Å². The third-order valence-corrected chi connectivity index (χ3v) is 6.44. The van der Waals surface area contributed by atoms with Crippen molar-refractivity contribution in [1.82, 2.24) is 20.3 Å². The van der Waals surface area contributed by atoms with Crippen LogP contribution in [0.4, 0.5) is 35.5 Å². The number of halogens is 3. The highest BCUT2D eigenvalue weighted by Gasteiger charge is 2.35. The number of aromatic nitrogens is 3. The fraction of sp³-hybridized carbons (Fsp3) is 0.333. The zero-order chi connectivity index (χ0) is 28.1. The topological polar surface area (TPSA) is 105 Å². The molecule has 2 fully saturated rings. The van der Waals surface area contributed by atoms with Crippen LogP contribution in [0.1, 0.15) is 11.1 Å². The number of carbonyl (C=O) groups excluding carboxylic acids is 1. The van der Waals surface area contributed by atoms with Crippen LogP contribution < -0.4 is 20.4 Å². The first-order valence-corrected chi connectivity index (χ1v) is 12.7. The lowest BCUT2D eigenvalue weighted by atomic mass is 10.1. The van der Waals surface area contributed by atoms with Crippen molar-refractivity contribution < 1.29 is 27.4 Å². The van der Waals surface area contributed by atoms with E-state index in [1.807, 2.05) is 15.9 Å². The van der Waals surface area contributed by atoms with Crippen LogP contribution in [-0.4, -0.2) is 73.6 Å². The Hall–Kier alpha value is -4.23. The Morgan fingerprint density at radius 3 is 2.23 bits per heavy atom. The third kappa shape index (κ3) is 6.49. The zero-order valence-electron chi connectivity index (χ0n) is 21.6. The van der Waals surface area contributed by atoms with E-state index in [1.54, 1.807) is 24.3 Å². The molecule has 210 valence electrons. The normalized spacial score (nSPS) is 16.0. The summed E-state index contributed by atoms with van der Waals surface area (Å²) in [6.45, 7) is 7.84. The summed E-state index contributed by atoms with van der Waals surface area (Å²) < 4.78 is 53.8. The van der Waals surface area contributed by atoms with Gasteiger partial charge in [0.05, 0.1) is 37.7 Å². The van der Waals surface area contributed by atoms with Gasteiger partial charge in [-0.15, -0.1) is 0 Å². The molecule has 4 heterocycles. The minimum Gasteiger partial charge on any atom is -0.378 e. The van der Waals surface area contributed by atoms with Crippen molar-refractivity contribution in [3.63, 3.8) is 0 Å². The lowest BCUT2D eigenvalue weighted by Crippen LogP contribution is -2.39. The molecule has 2 N–H and O–H groups in total. The average Bonchev–Trinajstić information content (AvgIpc) is 2.98. The SMILES string of the molecule is C=C(NC(=O)Nc1cc(C(F)(F)F)c(-c2cc(N3CCOCC3)nc(N3CCOCC3)n2)cn1)c1ccccc1. The quantitative estimate of drug-likeness (QED) is 0.470. The van der Waals surface area contributed by atoms with E-state index in [1.165, 1.54) is 6.07 Å². The minimum absolute atomic E-state index is 0.0752. The number of ether oxygens (including phenoxy) is 2. The van der Waals surface area contributed by atoms with Crippen molar-refractivity contribution in [3.05, 3.63) is 66.4 Å². The summed E-state index contributed by atoms with van der Waals surface area (Å²) in [5.74, 6) is 0.547. The van der Waals surface area contributed by atoms with Gasteiger partial charge in [-0.1, -0.05) is 36.9 Å². The molecule has 0 unspecified atom stereocenters. The van der Waals surface area contributed by atoms with Crippen LogP contribution in [0.25, 0.3) is 17.0 Å². The number of alkyl halides is 3. The van der Waals surface area contributed by atoms with Crippen LogP contribution in [0.2, 0.25) is 0 Å². The number of hydrogen-bond acceptors (Lipinski definition) is 8. The number of nitrogens with zero attached hydrogens (tertiary/aromatic N) is 5. The maximum atomic E-state index is 14.3. The van der Waals surface area contributed by atoms with Crippen molar-refractivity contribution in [2.75, 3.05) is 67.7 Å². The van der Waals surface area contributed by atoms with Crippen LogP contribution in [0, 0.1) is 0 Å². The Morgan fingerprint density at radius 1 is 0.925 bits per heavy atom. The molecule has 13 heteroatoms. The van der Waals surface area contributed by atoms with E-state index in [9.17, 15) is 18.0 Å². The van der Waals surface area contributed by atoms with Crippen LogP contribution in [0.15, 0.2) is 55.2 Å². The number of carbonyl (C=O) groups is 1. The number of rotatable bonds is 6. The van der Waals surface area contributed by atoms with E-state index in [4.69, 9.17) is 9.47 Å². The second-order valence-corrected chi connectivity index (χ2v) is 9.15. The smallest absolute Gasteiger partial charge is 0.378 e. The summed E-state index contributed by atoms with van der Waals surface area (Å²) >= 11 is 0. The molecule has 0 radical (unpaired) electrons. The van der Waals surface area contributed by atoms with Crippen LogP contribution >= 0.6 is 0 Å². The summed E-state index contributed by atoms with van der Waals surface area (Å²) in [5, 5.41) is 4.88. The van der Waals surface area contributed by atoms with Gasteiger partial charge in [-0.05, 0) is 11.6 Å². The zero-order valence-corrected chi connectivity index (χ0v) is 21.6. The van der Waals surface area contributed by atoms with Crippen molar-refractivity contribution >= 4 is 29.3 Å². The first kappa shape index (κ1) is 27.3. The summed E-state index contributed by atoms with van der Waals surface area (Å²) in [7, 11) is 0. The van der Waals surface area contributed by atoms with E-state index in [-0.39, 0.29) is 22.8 Å². The van der Waals surface area contributed by atoms with Crippen LogP contribution in [-0.2, 0) is 15.7 Å². The number of hydrogen-bond donors (Lipinski definition) is 2. The van der Waals surface area contributed by atoms with Gasteiger partial charge in [-0.2, -0.15) is 18.2 Å². The first-order valence-electron chi connectivity index (χ1n) is 12.7. The molecule has 2 saturated heterocycles. The Morgan fingerprint density at radius 2 is 1.57 bits per heavy atom. The predicted octanol–water partition coefficient (Wildman–Crippen LogP) is 4.02. The summed E-state index contributed by atoms with van der Waals surface area (Å²) in [6, 6.07) is 10.4. The van der Waals surface area contributed by atoms with Gasteiger partial charge in [0.1, 0.15) is 11.6 Å². The molecule has 0 aliphatic carbocycles. The largest absolute Gasteiger partial charge is 0.417 e. The summed E-state index contributed by atoms with van der Waals surface area (Å²) in [4.78, 5) is 29.6. The van der Waals surface area contributed by atoms with Gasteiger partial charge in [0.15, 0.2) is 0 Å². The van der Waals surface area contributed by atoms with E-state index in [0.29, 0.717) is 69.9 Å². The molecule has 40 heavy (non-hydrogen) atoms. The Bertz CT molecular complexity index is 1320. The first-order chi connectivity index (χ1) is 19.3. The Kier molecular flexibility index (Phi) is 8.12. The van der Waals surface area contributed by atoms with Gasteiger partial charge >= 0.3 is 12.2 Å². The number of anilines is 3. The number of nitrogens with one attached hydrogen (secondary N) is 2. The minimum atomic E-state index is -4.75. The second kappa shape index (κ2) is 11.9. The number of urea groups is 1. The van der Waals surface area contributed by atoms with Crippen molar-refractivity contribution in [2.45, 2.75) is 6.18 Å². The van der Waals surface area contributed by atoms with E-state index in [2.05, 4.69) is 32.2 Å². The lowest BCUT2D eigenvalue weighted by molar-refractivity contribution is -0.137. The molecule has 0 bridgehead atoms. The molecule has 1 aromatic carbocycles. The van der Waals surface area contributed by atoms with E-state index >= 15 is 0 Å². The highest BCUT2D eigenvalue weighted by Crippen LogP contribution is 2.38. The van der Waals surface area contributed by atoms with Crippen molar-refractivity contribution in [1.29, 1.82) is 0 Å². The molecular weight excluding hydrogens is 527 g/mol. The highest BCUT2D eigenvalue weighted by atomic mass is 19.4. The van der Waals surface area contributed by atoms with Gasteiger partial charge in [-0.3, -0.25) is 5.32 Å². The molecule has 3 aromatic rings. The molecule has 2 aliphatic heterocycles.